The Hall–Kier alpha value is -1.95. The predicted molar refractivity (Wildman–Crippen MR) is 74.4 cm³/mol. The second kappa shape index (κ2) is 5.81. The third-order valence-electron chi connectivity index (χ3n) is 3.35. The van der Waals surface area contributed by atoms with Crippen LogP contribution in [0.15, 0.2) is 22.7 Å². The number of halogens is 1. The zero-order valence-electron chi connectivity index (χ0n) is 11.9. The molecule has 0 aliphatic heterocycles. The first kappa shape index (κ1) is 14.0. The number of hydrogen-bond donors (Lipinski definition) is 1. The van der Waals surface area contributed by atoms with Gasteiger partial charge in [-0.1, -0.05) is 17.3 Å². The summed E-state index contributed by atoms with van der Waals surface area (Å²) in [6.07, 6.45) is 2.73. The highest BCUT2D eigenvalue weighted by Crippen LogP contribution is 2.38. The third-order valence-corrected chi connectivity index (χ3v) is 3.35. The molecule has 0 saturated heterocycles. The monoisotopic (exact) mass is 291 g/mol. The molecule has 1 aliphatic carbocycles. The van der Waals surface area contributed by atoms with Crippen LogP contribution in [0.25, 0.3) is 0 Å². The maximum absolute atomic E-state index is 13.9. The maximum Gasteiger partial charge on any atom is 0.229 e. The maximum atomic E-state index is 13.9. The number of rotatable bonds is 6. The van der Waals surface area contributed by atoms with Gasteiger partial charge in [0.15, 0.2) is 18.2 Å². The van der Waals surface area contributed by atoms with Gasteiger partial charge in [0.2, 0.25) is 11.7 Å². The molecular formula is C15H18FN3O2. The van der Waals surface area contributed by atoms with E-state index in [0.29, 0.717) is 24.1 Å². The van der Waals surface area contributed by atoms with E-state index < -0.39 is 5.82 Å². The van der Waals surface area contributed by atoms with Gasteiger partial charge in [-0.3, -0.25) is 0 Å². The van der Waals surface area contributed by atoms with E-state index in [9.17, 15) is 4.39 Å². The van der Waals surface area contributed by atoms with Crippen molar-refractivity contribution in [3.8, 4) is 5.75 Å². The lowest BCUT2D eigenvalue weighted by molar-refractivity contribution is 0.269. The van der Waals surface area contributed by atoms with Crippen LogP contribution >= 0.6 is 0 Å². The van der Waals surface area contributed by atoms with E-state index in [1.807, 2.05) is 13.0 Å². The molecule has 3 rings (SSSR count). The molecule has 1 heterocycles. The van der Waals surface area contributed by atoms with Crippen LogP contribution < -0.4 is 10.5 Å². The molecule has 0 spiro atoms. The van der Waals surface area contributed by atoms with Crippen LogP contribution in [0.4, 0.5) is 4.39 Å². The highest BCUT2D eigenvalue weighted by molar-refractivity contribution is 5.35. The van der Waals surface area contributed by atoms with Crippen molar-refractivity contribution in [2.24, 2.45) is 5.73 Å². The smallest absolute Gasteiger partial charge is 0.229 e. The van der Waals surface area contributed by atoms with Crippen LogP contribution in [0, 0.1) is 5.82 Å². The standard InChI is InChI=1S/C15H18FN3O2/c1-9(17)7-11-3-2-4-12(16)14(11)20-8-13-18-15(21-19-13)10-5-6-10/h2-4,9-10H,5-8,17H2,1H3. The minimum Gasteiger partial charge on any atom is -0.482 e. The molecule has 6 heteroatoms. The van der Waals surface area contributed by atoms with Gasteiger partial charge in [-0.15, -0.1) is 0 Å². The summed E-state index contributed by atoms with van der Waals surface area (Å²) in [5.74, 6) is 1.30. The largest absolute Gasteiger partial charge is 0.482 e. The van der Waals surface area contributed by atoms with Crippen LogP contribution in [-0.4, -0.2) is 16.2 Å². The first-order chi connectivity index (χ1) is 10.1. The fraction of sp³-hybridized carbons (Fsp3) is 0.467. The Morgan fingerprint density at radius 3 is 3.00 bits per heavy atom. The van der Waals surface area contributed by atoms with E-state index in [4.69, 9.17) is 15.0 Å². The number of nitrogens with zero attached hydrogens (tertiary/aromatic N) is 2. The number of benzene rings is 1. The molecule has 0 radical (unpaired) electrons. The van der Waals surface area contributed by atoms with Crippen molar-refractivity contribution in [1.29, 1.82) is 0 Å². The predicted octanol–water partition coefficient (Wildman–Crippen LogP) is 2.55. The molecule has 1 fully saturated rings. The van der Waals surface area contributed by atoms with Gasteiger partial charge < -0.3 is 15.0 Å². The summed E-state index contributed by atoms with van der Waals surface area (Å²) < 4.78 is 24.6. The zero-order chi connectivity index (χ0) is 14.8. The lowest BCUT2D eigenvalue weighted by atomic mass is 10.1. The lowest BCUT2D eigenvalue weighted by Crippen LogP contribution is -2.18. The highest BCUT2D eigenvalue weighted by atomic mass is 19.1. The Kier molecular flexibility index (Phi) is 3.88. The molecule has 0 amide bonds. The van der Waals surface area contributed by atoms with Crippen molar-refractivity contribution in [2.75, 3.05) is 0 Å². The second-order valence-electron chi connectivity index (χ2n) is 5.52. The van der Waals surface area contributed by atoms with Crippen LogP contribution in [0.3, 0.4) is 0 Å². The van der Waals surface area contributed by atoms with Crippen molar-refractivity contribution < 1.29 is 13.7 Å². The summed E-state index contributed by atoms with van der Waals surface area (Å²) in [4.78, 5) is 4.26. The van der Waals surface area contributed by atoms with Gasteiger partial charge in [-0.05, 0) is 37.8 Å². The number of nitrogens with two attached hydrogens (primary N) is 1. The average Bonchev–Trinajstić information content (AvgIpc) is 3.17. The van der Waals surface area contributed by atoms with Crippen molar-refractivity contribution in [3.05, 3.63) is 41.3 Å². The van der Waals surface area contributed by atoms with E-state index in [1.54, 1.807) is 6.07 Å². The number of hydrogen-bond acceptors (Lipinski definition) is 5. The second-order valence-corrected chi connectivity index (χ2v) is 5.52. The number of ether oxygens (including phenoxy) is 1. The fourth-order valence-corrected chi connectivity index (χ4v) is 2.18. The molecule has 1 atom stereocenters. The van der Waals surface area contributed by atoms with Crippen LogP contribution in [0.5, 0.6) is 5.75 Å². The number of para-hydroxylation sites is 1. The zero-order valence-corrected chi connectivity index (χ0v) is 11.9. The SMILES string of the molecule is CC(N)Cc1cccc(F)c1OCc1noc(C2CC2)n1. The molecular weight excluding hydrogens is 273 g/mol. The number of aromatic nitrogens is 2. The first-order valence-electron chi connectivity index (χ1n) is 7.11. The summed E-state index contributed by atoms with van der Waals surface area (Å²) in [6, 6.07) is 4.76. The molecule has 1 aromatic carbocycles. The molecule has 1 unspecified atom stereocenters. The summed E-state index contributed by atoms with van der Waals surface area (Å²) in [6.45, 7) is 1.96. The molecule has 1 aliphatic rings. The van der Waals surface area contributed by atoms with Gasteiger partial charge in [0.05, 0.1) is 0 Å². The molecule has 2 aromatic rings. The molecule has 0 bridgehead atoms. The first-order valence-corrected chi connectivity index (χ1v) is 7.11. The van der Waals surface area contributed by atoms with E-state index in [0.717, 1.165) is 18.4 Å². The van der Waals surface area contributed by atoms with Gasteiger partial charge in [0, 0.05) is 12.0 Å². The highest BCUT2D eigenvalue weighted by Gasteiger charge is 2.29. The van der Waals surface area contributed by atoms with E-state index in [-0.39, 0.29) is 18.4 Å². The molecule has 5 nitrogen and oxygen atoms in total. The van der Waals surface area contributed by atoms with E-state index in [1.165, 1.54) is 6.07 Å². The topological polar surface area (TPSA) is 74.2 Å². The Balaban J connectivity index is 1.71. The van der Waals surface area contributed by atoms with Crippen molar-refractivity contribution in [1.82, 2.24) is 10.1 Å². The van der Waals surface area contributed by atoms with E-state index >= 15 is 0 Å². The molecule has 2 N–H and O–H groups in total. The lowest BCUT2D eigenvalue weighted by Gasteiger charge is -2.12. The fourth-order valence-electron chi connectivity index (χ4n) is 2.18. The van der Waals surface area contributed by atoms with Crippen molar-refractivity contribution in [3.63, 3.8) is 0 Å². The normalized spacial score (nSPS) is 16.0. The summed E-state index contributed by atoms with van der Waals surface area (Å²) in [7, 11) is 0. The summed E-state index contributed by atoms with van der Waals surface area (Å²) in [5.41, 5.74) is 6.52. The Morgan fingerprint density at radius 1 is 1.48 bits per heavy atom. The average molecular weight is 291 g/mol. The summed E-state index contributed by atoms with van der Waals surface area (Å²) in [5, 5.41) is 3.85. The van der Waals surface area contributed by atoms with Crippen molar-refractivity contribution >= 4 is 0 Å². The molecule has 1 saturated carbocycles. The van der Waals surface area contributed by atoms with Gasteiger partial charge >= 0.3 is 0 Å². The van der Waals surface area contributed by atoms with E-state index in [2.05, 4.69) is 10.1 Å². The minimum absolute atomic E-state index is 0.0687. The minimum atomic E-state index is -0.404. The Morgan fingerprint density at radius 2 is 2.29 bits per heavy atom. The van der Waals surface area contributed by atoms with Gasteiger partial charge in [0.1, 0.15) is 0 Å². The van der Waals surface area contributed by atoms with Crippen LogP contribution in [0.2, 0.25) is 0 Å². The Bertz CT molecular complexity index is 623. The molecule has 21 heavy (non-hydrogen) atoms. The Labute approximate surface area is 122 Å². The van der Waals surface area contributed by atoms with Crippen LogP contribution in [0.1, 0.15) is 43.0 Å². The van der Waals surface area contributed by atoms with Gasteiger partial charge in [-0.25, -0.2) is 4.39 Å². The molecule has 112 valence electrons. The quantitative estimate of drug-likeness (QED) is 0.885. The third kappa shape index (κ3) is 3.39. The van der Waals surface area contributed by atoms with Gasteiger partial charge in [-0.2, -0.15) is 4.98 Å². The van der Waals surface area contributed by atoms with Gasteiger partial charge in [0.25, 0.3) is 0 Å². The van der Waals surface area contributed by atoms with Crippen molar-refractivity contribution in [2.45, 2.75) is 44.8 Å². The summed E-state index contributed by atoms with van der Waals surface area (Å²) >= 11 is 0. The molecule has 1 aromatic heterocycles. The van der Waals surface area contributed by atoms with Crippen LogP contribution in [-0.2, 0) is 13.0 Å².